The fraction of sp³-hybridized carbons (Fsp3) is 0.632. The molecule has 8 heteroatoms. The van der Waals surface area contributed by atoms with Gasteiger partial charge < -0.3 is 14.5 Å². The molecule has 27 heavy (non-hydrogen) atoms. The summed E-state index contributed by atoms with van der Waals surface area (Å²) in [4.78, 5) is 16.8. The highest BCUT2D eigenvalue weighted by molar-refractivity contribution is 7.89. The number of amides is 1. The predicted molar refractivity (Wildman–Crippen MR) is 104 cm³/mol. The number of nitrogens with zero attached hydrogens (tertiary/aromatic N) is 2. The topological polar surface area (TPSA) is 79.0 Å². The van der Waals surface area contributed by atoms with Gasteiger partial charge in [-0.2, -0.15) is 0 Å². The molecule has 1 aromatic carbocycles. The standard InChI is InChI=1S/C19H29N3O4S/c1-21-10-12-22(13-11-21)19(23)15-8-9-17(26-2)18(14-15)27(24,25)20-16-6-4-3-5-7-16/h8-9,14,16,20H,3-7,10-13H2,1-2H3. The van der Waals surface area contributed by atoms with Crippen LogP contribution in [0.3, 0.4) is 0 Å². The molecule has 0 spiro atoms. The van der Waals surface area contributed by atoms with Crippen LogP contribution in [0.15, 0.2) is 23.1 Å². The summed E-state index contributed by atoms with van der Waals surface area (Å²) < 4.78 is 34.0. The summed E-state index contributed by atoms with van der Waals surface area (Å²) in [5.74, 6) is 0.119. The molecule has 1 saturated heterocycles. The number of carbonyl (C=O) groups excluding carboxylic acids is 1. The van der Waals surface area contributed by atoms with Crippen LogP contribution in [0.2, 0.25) is 0 Å². The molecule has 1 aromatic rings. The van der Waals surface area contributed by atoms with Crippen LogP contribution in [0.4, 0.5) is 0 Å². The Kier molecular flexibility index (Phi) is 6.39. The summed E-state index contributed by atoms with van der Waals surface area (Å²) in [5, 5.41) is 0. The molecule has 1 amide bonds. The second-order valence-electron chi connectivity index (χ2n) is 7.42. The van der Waals surface area contributed by atoms with E-state index >= 15 is 0 Å². The van der Waals surface area contributed by atoms with Gasteiger partial charge in [0.2, 0.25) is 10.0 Å². The van der Waals surface area contributed by atoms with Crippen molar-refractivity contribution in [2.45, 2.75) is 43.0 Å². The van der Waals surface area contributed by atoms with E-state index in [1.807, 2.05) is 7.05 Å². The van der Waals surface area contributed by atoms with Crippen LogP contribution in [0.25, 0.3) is 0 Å². The molecule has 3 rings (SSSR count). The molecule has 1 aliphatic heterocycles. The van der Waals surface area contributed by atoms with Gasteiger partial charge in [0.25, 0.3) is 5.91 Å². The quantitative estimate of drug-likeness (QED) is 0.821. The minimum absolute atomic E-state index is 0.0375. The zero-order valence-corrected chi connectivity index (χ0v) is 16.9. The lowest BCUT2D eigenvalue weighted by atomic mass is 9.96. The summed E-state index contributed by atoms with van der Waals surface area (Å²) in [6.07, 6.45) is 4.91. The first-order valence-electron chi connectivity index (χ1n) is 9.59. The van der Waals surface area contributed by atoms with E-state index in [1.165, 1.54) is 13.2 Å². The van der Waals surface area contributed by atoms with E-state index in [0.29, 0.717) is 18.7 Å². The molecule has 0 bridgehead atoms. The Morgan fingerprint density at radius 2 is 1.78 bits per heavy atom. The van der Waals surface area contributed by atoms with E-state index in [2.05, 4.69) is 9.62 Å². The van der Waals surface area contributed by atoms with Crippen molar-refractivity contribution in [3.63, 3.8) is 0 Å². The summed E-state index contributed by atoms with van der Waals surface area (Å²) in [6, 6.07) is 4.60. The van der Waals surface area contributed by atoms with Gasteiger partial charge in [0.05, 0.1) is 7.11 Å². The van der Waals surface area contributed by atoms with Crippen molar-refractivity contribution in [3.05, 3.63) is 23.8 Å². The van der Waals surface area contributed by atoms with Gasteiger partial charge in [-0.25, -0.2) is 13.1 Å². The predicted octanol–water partition coefficient (Wildman–Crippen LogP) is 1.69. The van der Waals surface area contributed by atoms with E-state index in [0.717, 1.165) is 45.2 Å². The van der Waals surface area contributed by atoms with Crippen LogP contribution >= 0.6 is 0 Å². The van der Waals surface area contributed by atoms with Crippen molar-refractivity contribution < 1.29 is 17.9 Å². The summed E-state index contributed by atoms with van der Waals surface area (Å²) in [7, 11) is -0.286. The Hall–Kier alpha value is -1.64. The number of hydrogen-bond donors (Lipinski definition) is 1. The molecule has 2 fully saturated rings. The highest BCUT2D eigenvalue weighted by atomic mass is 32.2. The van der Waals surface area contributed by atoms with Gasteiger partial charge in [0.1, 0.15) is 10.6 Å². The lowest BCUT2D eigenvalue weighted by Gasteiger charge is -2.32. The third-order valence-corrected chi connectivity index (χ3v) is 6.96. The molecule has 1 aliphatic carbocycles. The minimum atomic E-state index is -3.75. The number of rotatable bonds is 5. The largest absolute Gasteiger partial charge is 0.495 e. The normalized spacial score (nSPS) is 19.9. The maximum Gasteiger partial charge on any atom is 0.253 e. The monoisotopic (exact) mass is 395 g/mol. The summed E-state index contributed by atoms with van der Waals surface area (Å²) >= 11 is 0. The molecule has 0 radical (unpaired) electrons. The van der Waals surface area contributed by atoms with Crippen LogP contribution in [-0.2, 0) is 10.0 Å². The van der Waals surface area contributed by atoms with E-state index < -0.39 is 10.0 Å². The second-order valence-corrected chi connectivity index (χ2v) is 9.10. The number of piperazine rings is 1. The van der Waals surface area contributed by atoms with Crippen molar-refractivity contribution >= 4 is 15.9 Å². The number of sulfonamides is 1. The fourth-order valence-corrected chi connectivity index (χ4v) is 5.22. The first-order valence-corrected chi connectivity index (χ1v) is 11.1. The van der Waals surface area contributed by atoms with Crippen LogP contribution in [0, 0.1) is 0 Å². The van der Waals surface area contributed by atoms with Gasteiger partial charge in [-0.05, 0) is 38.1 Å². The Balaban J connectivity index is 1.83. The molecule has 150 valence electrons. The van der Waals surface area contributed by atoms with Gasteiger partial charge in [-0.3, -0.25) is 4.79 Å². The average molecular weight is 396 g/mol. The van der Waals surface area contributed by atoms with Crippen LogP contribution in [0.5, 0.6) is 5.75 Å². The van der Waals surface area contributed by atoms with E-state index in [4.69, 9.17) is 4.74 Å². The Morgan fingerprint density at radius 3 is 2.41 bits per heavy atom. The van der Waals surface area contributed by atoms with Gasteiger partial charge in [0.15, 0.2) is 0 Å². The molecule has 0 unspecified atom stereocenters. The van der Waals surface area contributed by atoms with Crippen molar-refractivity contribution in [2.24, 2.45) is 0 Å². The van der Waals surface area contributed by atoms with Crippen molar-refractivity contribution in [1.29, 1.82) is 0 Å². The molecule has 1 heterocycles. The number of carbonyl (C=O) groups is 1. The molecule has 1 N–H and O–H groups in total. The summed E-state index contributed by atoms with van der Waals surface area (Å²) in [5.41, 5.74) is 0.379. The average Bonchev–Trinajstić information content (AvgIpc) is 2.68. The van der Waals surface area contributed by atoms with Gasteiger partial charge in [-0.1, -0.05) is 19.3 Å². The number of hydrogen-bond acceptors (Lipinski definition) is 5. The molecular formula is C19H29N3O4S. The highest BCUT2D eigenvalue weighted by Crippen LogP contribution is 2.27. The minimum Gasteiger partial charge on any atom is -0.495 e. The van der Waals surface area contributed by atoms with Crippen LogP contribution in [-0.4, -0.2) is 70.5 Å². The number of nitrogens with one attached hydrogen (secondary N) is 1. The molecule has 0 atom stereocenters. The number of ether oxygens (including phenoxy) is 1. The maximum absolute atomic E-state index is 13.0. The maximum atomic E-state index is 13.0. The van der Waals surface area contributed by atoms with E-state index in [1.54, 1.807) is 17.0 Å². The molecule has 1 saturated carbocycles. The first kappa shape index (κ1) is 20.1. The Bertz CT molecular complexity index is 767. The first-order chi connectivity index (χ1) is 12.9. The second kappa shape index (κ2) is 8.58. The molecule has 2 aliphatic rings. The SMILES string of the molecule is COc1ccc(C(=O)N2CCN(C)CC2)cc1S(=O)(=O)NC1CCCCC1. The molecular weight excluding hydrogens is 366 g/mol. The van der Waals surface area contributed by atoms with Crippen molar-refractivity contribution in [1.82, 2.24) is 14.5 Å². The van der Waals surface area contributed by atoms with Gasteiger partial charge in [0, 0.05) is 37.8 Å². The number of likely N-dealkylation sites (N-methyl/N-ethyl adjacent to an activating group) is 1. The number of benzene rings is 1. The third-order valence-electron chi connectivity index (χ3n) is 5.42. The van der Waals surface area contributed by atoms with E-state index in [-0.39, 0.29) is 22.6 Å². The number of methoxy groups -OCH3 is 1. The smallest absolute Gasteiger partial charge is 0.253 e. The van der Waals surface area contributed by atoms with E-state index in [9.17, 15) is 13.2 Å². The van der Waals surface area contributed by atoms with Crippen molar-refractivity contribution in [2.75, 3.05) is 40.3 Å². The highest BCUT2D eigenvalue weighted by Gasteiger charge is 2.27. The van der Waals surface area contributed by atoms with Crippen molar-refractivity contribution in [3.8, 4) is 5.75 Å². The van der Waals surface area contributed by atoms with Gasteiger partial charge in [-0.15, -0.1) is 0 Å². The Labute approximate surface area is 161 Å². The fourth-order valence-electron chi connectivity index (χ4n) is 3.72. The third kappa shape index (κ3) is 4.80. The van der Waals surface area contributed by atoms with Gasteiger partial charge >= 0.3 is 0 Å². The molecule has 0 aromatic heterocycles. The van der Waals surface area contributed by atoms with Crippen LogP contribution < -0.4 is 9.46 Å². The lowest BCUT2D eigenvalue weighted by Crippen LogP contribution is -2.47. The molecule has 7 nitrogen and oxygen atoms in total. The lowest BCUT2D eigenvalue weighted by molar-refractivity contribution is 0.0664. The Morgan fingerprint density at radius 1 is 1.11 bits per heavy atom. The zero-order valence-electron chi connectivity index (χ0n) is 16.1. The summed E-state index contributed by atoms with van der Waals surface area (Å²) in [6.45, 7) is 2.92. The van der Waals surface area contributed by atoms with Crippen LogP contribution in [0.1, 0.15) is 42.5 Å². The zero-order chi connectivity index (χ0) is 19.4.